The molecule has 6 heteroatoms. The molecule has 0 unspecified atom stereocenters. The SMILES string of the molecule is O=C1CCc2cc(C=CC(=O)N3C[C@@H]4CC(c5ccsc5)=C[C@@H]4C3)cnc2N1. The molecule has 3 aliphatic rings. The van der Waals surface area contributed by atoms with E-state index in [1.54, 1.807) is 23.6 Å². The lowest BCUT2D eigenvalue weighted by Gasteiger charge is -2.16. The summed E-state index contributed by atoms with van der Waals surface area (Å²) in [5.74, 6) is 1.73. The predicted octanol–water partition coefficient (Wildman–Crippen LogP) is 3.60. The molecule has 5 rings (SSSR count). The summed E-state index contributed by atoms with van der Waals surface area (Å²) >= 11 is 1.73. The van der Waals surface area contributed by atoms with E-state index >= 15 is 0 Å². The molecule has 1 saturated heterocycles. The fraction of sp³-hybridized carbons (Fsp3) is 0.318. The number of hydrogen-bond donors (Lipinski definition) is 1. The normalized spacial score (nSPS) is 23.5. The summed E-state index contributed by atoms with van der Waals surface area (Å²) in [6.07, 6.45) is 9.78. The molecule has 28 heavy (non-hydrogen) atoms. The first-order chi connectivity index (χ1) is 13.7. The van der Waals surface area contributed by atoms with Crippen molar-refractivity contribution in [1.29, 1.82) is 0 Å². The van der Waals surface area contributed by atoms with Crippen molar-refractivity contribution < 1.29 is 9.59 Å². The summed E-state index contributed by atoms with van der Waals surface area (Å²) < 4.78 is 0. The number of aromatic nitrogens is 1. The Kier molecular flexibility index (Phi) is 4.36. The highest BCUT2D eigenvalue weighted by Gasteiger charge is 2.37. The molecule has 2 aliphatic heterocycles. The summed E-state index contributed by atoms with van der Waals surface area (Å²) in [5, 5.41) is 7.10. The third-order valence-electron chi connectivity index (χ3n) is 5.88. The number of fused-ring (bicyclic) bond motifs is 2. The quantitative estimate of drug-likeness (QED) is 0.813. The largest absolute Gasteiger partial charge is 0.338 e. The van der Waals surface area contributed by atoms with Crippen molar-refractivity contribution >= 4 is 40.6 Å². The fourth-order valence-electron chi connectivity index (χ4n) is 4.39. The van der Waals surface area contributed by atoms with Gasteiger partial charge in [0.1, 0.15) is 5.82 Å². The summed E-state index contributed by atoms with van der Waals surface area (Å²) in [6, 6.07) is 4.18. The van der Waals surface area contributed by atoms with Crippen LogP contribution in [0, 0.1) is 11.8 Å². The molecule has 1 fully saturated rings. The molecule has 5 nitrogen and oxygen atoms in total. The van der Waals surface area contributed by atoms with E-state index in [1.165, 1.54) is 11.1 Å². The van der Waals surface area contributed by atoms with Crippen LogP contribution in [0.15, 0.2) is 41.2 Å². The van der Waals surface area contributed by atoms with Gasteiger partial charge in [-0.25, -0.2) is 4.98 Å². The average molecular weight is 391 g/mol. The molecule has 142 valence electrons. The third kappa shape index (κ3) is 3.29. The van der Waals surface area contributed by atoms with E-state index in [0.717, 1.165) is 30.6 Å². The van der Waals surface area contributed by atoms with E-state index < -0.39 is 0 Å². The Morgan fingerprint density at radius 3 is 3.07 bits per heavy atom. The highest BCUT2D eigenvalue weighted by Crippen LogP contribution is 2.41. The average Bonchev–Trinajstić information content (AvgIpc) is 3.41. The number of anilines is 1. The van der Waals surface area contributed by atoms with Crippen molar-refractivity contribution in [3.8, 4) is 0 Å². The van der Waals surface area contributed by atoms with Crippen LogP contribution in [0.1, 0.15) is 29.5 Å². The number of carbonyl (C=O) groups is 2. The maximum atomic E-state index is 12.6. The van der Waals surface area contributed by atoms with Crippen LogP contribution in [0.2, 0.25) is 0 Å². The minimum Gasteiger partial charge on any atom is -0.338 e. The van der Waals surface area contributed by atoms with E-state index in [1.807, 2.05) is 17.0 Å². The third-order valence-corrected chi connectivity index (χ3v) is 6.56. The molecule has 0 saturated carbocycles. The smallest absolute Gasteiger partial charge is 0.246 e. The fourth-order valence-corrected chi connectivity index (χ4v) is 5.07. The Morgan fingerprint density at radius 1 is 1.32 bits per heavy atom. The number of aryl methyl sites for hydroxylation is 1. The lowest BCUT2D eigenvalue weighted by Crippen LogP contribution is -2.27. The first kappa shape index (κ1) is 17.4. The molecule has 2 aromatic heterocycles. The topological polar surface area (TPSA) is 62.3 Å². The van der Waals surface area contributed by atoms with Gasteiger partial charge in [0.15, 0.2) is 0 Å². The van der Waals surface area contributed by atoms with Crippen LogP contribution >= 0.6 is 11.3 Å². The second-order valence-corrected chi connectivity index (χ2v) is 8.51. The lowest BCUT2D eigenvalue weighted by atomic mass is 9.99. The first-order valence-electron chi connectivity index (χ1n) is 9.65. The zero-order chi connectivity index (χ0) is 19.1. The van der Waals surface area contributed by atoms with Crippen LogP contribution in [-0.4, -0.2) is 34.8 Å². The summed E-state index contributed by atoms with van der Waals surface area (Å²) in [7, 11) is 0. The Hall–Kier alpha value is -2.73. The number of allylic oxidation sites excluding steroid dienone is 1. The van der Waals surface area contributed by atoms with Gasteiger partial charge >= 0.3 is 0 Å². The number of amides is 2. The monoisotopic (exact) mass is 391 g/mol. The number of likely N-dealkylation sites (tertiary alicyclic amines) is 1. The first-order valence-corrected chi connectivity index (χ1v) is 10.6. The number of thiophene rings is 1. The van der Waals surface area contributed by atoms with Crippen molar-refractivity contribution in [2.75, 3.05) is 18.4 Å². The van der Waals surface area contributed by atoms with Crippen molar-refractivity contribution in [3.63, 3.8) is 0 Å². The van der Waals surface area contributed by atoms with Gasteiger partial charge in [-0.3, -0.25) is 9.59 Å². The summed E-state index contributed by atoms with van der Waals surface area (Å²) in [4.78, 5) is 30.3. The highest BCUT2D eigenvalue weighted by atomic mass is 32.1. The molecular formula is C22H21N3O2S. The van der Waals surface area contributed by atoms with Gasteiger partial charge in [0.2, 0.25) is 11.8 Å². The molecule has 2 atom stereocenters. The Balaban J connectivity index is 1.23. The molecule has 1 aliphatic carbocycles. The molecule has 0 spiro atoms. The molecule has 2 amide bonds. The molecule has 0 aromatic carbocycles. The van der Waals surface area contributed by atoms with Crippen LogP contribution < -0.4 is 5.32 Å². The number of nitrogens with one attached hydrogen (secondary N) is 1. The Labute approximate surface area is 167 Å². The Bertz CT molecular complexity index is 993. The second kappa shape index (κ2) is 7.02. The van der Waals surface area contributed by atoms with Gasteiger partial charge in [0, 0.05) is 31.8 Å². The Morgan fingerprint density at radius 2 is 2.25 bits per heavy atom. The maximum absolute atomic E-state index is 12.6. The maximum Gasteiger partial charge on any atom is 0.246 e. The number of nitrogens with zero attached hydrogens (tertiary/aromatic N) is 2. The standard InChI is InChI=1S/C22H21N3O2S/c26-20-3-2-15-7-14(10-23-22(15)24-20)1-4-21(27)25-11-18-8-17(9-19(18)12-25)16-5-6-28-13-16/h1,4-8,10,13,18-19H,2-3,9,11-12H2,(H,23,24,26)/t18-,19+/m1/s1. The highest BCUT2D eigenvalue weighted by molar-refractivity contribution is 7.08. The second-order valence-electron chi connectivity index (χ2n) is 7.73. The summed E-state index contributed by atoms with van der Waals surface area (Å²) in [6.45, 7) is 1.63. The molecule has 0 radical (unpaired) electrons. The zero-order valence-electron chi connectivity index (χ0n) is 15.4. The van der Waals surface area contributed by atoms with Crippen LogP contribution in [0.5, 0.6) is 0 Å². The van der Waals surface area contributed by atoms with Crippen LogP contribution in [0.3, 0.4) is 0 Å². The van der Waals surface area contributed by atoms with Crippen molar-refractivity contribution in [1.82, 2.24) is 9.88 Å². The van der Waals surface area contributed by atoms with Gasteiger partial charge in [-0.1, -0.05) is 6.08 Å². The van der Waals surface area contributed by atoms with Gasteiger partial charge < -0.3 is 10.2 Å². The molecule has 1 N–H and O–H groups in total. The van der Waals surface area contributed by atoms with Gasteiger partial charge in [-0.05, 0) is 75.9 Å². The summed E-state index contributed by atoms with van der Waals surface area (Å²) in [5.41, 5.74) is 4.69. The molecule has 4 heterocycles. The number of carbonyl (C=O) groups excluding carboxylic acids is 2. The van der Waals surface area contributed by atoms with Crippen molar-refractivity contribution in [2.24, 2.45) is 11.8 Å². The predicted molar refractivity (Wildman–Crippen MR) is 111 cm³/mol. The van der Waals surface area contributed by atoms with E-state index in [2.05, 4.69) is 33.2 Å². The van der Waals surface area contributed by atoms with E-state index in [9.17, 15) is 9.59 Å². The van der Waals surface area contributed by atoms with Gasteiger partial charge in [0.05, 0.1) is 0 Å². The van der Waals surface area contributed by atoms with Crippen molar-refractivity contribution in [2.45, 2.75) is 19.3 Å². The van der Waals surface area contributed by atoms with Crippen LogP contribution in [0.4, 0.5) is 5.82 Å². The minimum absolute atomic E-state index is 0.00857. The van der Waals surface area contributed by atoms with Gasteiger partial charge in [0.25, 0.3) is 0 Å². The molecule has 2 aromatic rings. The molecule has 0 bridgehead atoms. The van der Waals surface area contributed by atoms with E-state index in [4.69, 9.17) is 0 Å². The lowest BCUT2D eigenvalue weighted by molar-refractivity contribution is -0.125. The van der Waals surface area contributed by atoms with Gasteiger partial charge in [-0.15, -0.1) is 0 Å². The minimum atomic E-state index is 0.00857. The number of rotatable bonds is 3. The number of pyridine rings is 1. The zero-order valence-corrected chi connectivity index (χ0v) is 16.2. The number of hydrogen-bond acceptors (Lipinski definition) is 4. The van der Waals surface area contributed by atoms with Crippen LogP contribution in [0.25, 0.3) is 11.6 Å². The van der Waals surface area contributed by atoms with Gasteiger partial charge in [-0.2, -0.15) is 11.3 Å². The van der Waals surface area contributed by atoms with E-state index in [-0.39, 0.29) is 11.8 Å². The van der Waals surface area contributed by atoms with Crippen molar-refractivity contribution in [3.05, 3.63) is 57.9 Å². The molecular weight excluding hydrogens is 370 g/mol. The van der Waals surface area contributed by atoms with Crippen LogP contribution in [-0.2, 0) is 16.0 Å². The van der Waals surface area contributed by atoms with E-state index in [0.29, 0.717) is 30.5 Å².